The number of nitrogens with zero attached hydrogens (tertiary/aromatic N) is 2. The standard InChI is InChI=1S/C20H23N3O.ClH/c1-15(2)24-14-8-13-21-20-17-11-6-7-12-18(17)22-19(23-20)16-9-4-3-5-10-16;/h3-7,9-12,15H,8,13-14H2,1-2H3,(H,21,22,23);1H. The van der Waals surface area contributed by atoms with E-state index in [4.69, 9.17) is 14.7 Å². The van der Waals surface area contributed by atoms with Gasteiger partial charge in [-0.25, -0.2) is 9.97 Å². The molecule has 0 aliphatic heterocycles. The SMILES string of the molecule is CC(C)OCCCNc1nc(-c2ccccc2)nc2ccccc12.Cl. The lowest BCUT2D eigenvalue weighted by molar-refractivity contribution is 0.0787. The molecule has 0 saturated heterocycles. The van der Waals surface area contributed by atoms with Crippen LogP contribution in [0.15, 0.2) is 54.6 Å². The molecule has 25 heavy (non-hydrogen) atoms. The lowest BCUT2D eigenvalue weighted by Gasteiger charge is -2.12. The van der Waals surface area contributed by atoms with Gasteiger partial charge < -0.3 is 10.1 Å². The Morgan fingerprint density at radius 2 is 1.68 bits per heavy atom. The van der Waals surface area contributed by atoms with E-state index in [0.717, 1.165) is 47.7 Å². The van der Waals surface area contributed by atoms with Crippen LogP contribution in [0.3, 0.4) is 0 Å². The lowest BCUT2D eigenvalue weighted by atomic mass is 10.2. The van der Waals surface area contributed by atoms with Gasteiger partial charge in [-0.3, -0.25) is 0 Å². The highest BCUT2D eigenvalue weighted by molar-refractivity contribution is 5.90. The number of benzene rings is 2. The maximum atomic E-state index is 5.59. The Labute approximate surface area is 155 Å². The average molecular weight is 358 g/mol. The van der Waals surface area contributed by atoms with E-state index in [1.807, 2.05) is 48.5 Å². The smallest absolute Gasteiger partial charge is 0.162 e. The Balaban J connectivity index is 0.00000225. The first kappa shape index (κ1) is 19.2. The van der Waals surface area contributed by atoms with Crippen LogP contribution < -0.4 is 5.32 Å². The maximum Gasteiger partial charge on any atom is 0.162 e. The van der Waals surface area contributed by atoms with E-state index in [1.165, 1.54) is 0 Å². The highest BCUT2D eigenvalue weighted by atomic mass is 35.5. The van der Waals surface area contributed by atoms with Crippen molar-refractivity contribution in [2.75, 3.05) is 18.5 Å². The first-order chi connectivity index (χ1) is 11.7. The molecule has 4 nitrogen and oxygen atoms in total. The number of anilines is 1. The monoisotopic (exact) mass is 357 g/mol. The molecule has 132 valence electrons. The summed E-state index contributed by atoms with van der Waals surface area (Å²) in [4.78, 5) is 9.44. The Morgan fingerprint density at radius 1 is 0.960 bits per heavy atom. The number of halogens is 1. The van der Waals surface area contributed by atoms with Gasteiger partial charge in [0.1, 0.15) is 5.82 Å². The summed E-state index contributed by atoms with van der Waals surface area (Å²) in [6, 6.07) is 18.2. The van der Waals surface area contributed by atoms with Gasteiger partial charge in [-0.1, -0.05) is 42.5 Å². The van der Waals surface area contributed by atoms with Crippen molar-refractivity contribution in [2.24, 2.45) is 0 Å². The topological polar surface area (TPSA) is 47.0 Å². The fourth-order valence-corrected chi connectivity index (χ4v) is 2.53. The van der Waals surface area contributed by atoms with Crippen LogP contribution in [0.4, 0.5) is 5.82 Å². The number of hydrogen-bond acceptors (Lipinski definition) is 4. The fourth-order valence-electron chi connectivity index (χ4n) is 2.53. The number of aromatic nitrogens is 2. The van der Waals surface area contributed by atoms with E-state index in [1.54, 1.807) is 0 Å². The van der Waals surface area contributed by atoms with Crippen LogP contribution in [0, 0.1) is 0 Å². The molecule has 0 aliphatic carbocycles. The van der Waals surface area contributed by atoms with Crippen molar-refractivity contribution in [1.29, 1.82) is 0 Å². The minimum Gasteiger partial charge on any atom is -0.379 e. The van der Waals surface area contributed by atoms with E-state index in [9.17, 15) is 0 Å². The minimum atomic E-state index is 0. The number of hydrogen-bond donors (Lipinski definition) is 1. The zero-order valence-corrected chi connectivity index (χ0v) is 15.4. The summed E-state index contributed by atoms with van der Waals surface area (Å²) in [5.74, 6) is 1.62. The van der Waals surface area contributed by atoms with Crippen LogP contribution >= 0.6 is 12.4 Å². The molecule has 1 N–H and O–H groups in total. The summed E-state index contributed by atoms with van der Waals surface area (Å²) >= 11 is 0. The van der Waals surface area contributed by atoms with Gasteiger partial charge in [0.2, 0.25) is 0 Å². The molecule has 5 heteroatoms. The van der Waals surface area contributed by atoms with Gasteiger partial charge in [-0.2, -0.15) is 0 Å². The van der Waals surface area contributed by atoms with Crippen molar-refractivity contribution in [3.63, 3.8) is 0 Å². The Morgan fingerprint density at radius 3 is 2.44 bits per heavy atom. The quantitative estimate of drug-likeness (QED) is 0.608. The largest absolute Gasteiger partial charge is 0.379 e. The van der Waals surface area contributed by atoms with Gasteiger partial charge in [0, 0.05) is 24.1 Å². The van der Waals surface area contributed by atoms with E-state index in [0.29, 0.717) is 0 Å². The first-order valence-corrected chi connectivity index (χ1v) is 8.42. The second-order valence-electron chi connectivity index (χ2n) is 5.98. The van der Waals surface area contributed by atoms with Crippen molar-refractivity contribution in [2.45, 2.75) is 26.4 Å². The molecule has 0 aliphatic rings. The molecule has 0 radical (unpaired) electrons. The predicted molar refractivity (Wildman–Crippen MR) is 106 cm³/mol. The van der Waals surface area contributed by atoms with Crippen molar-refractivity contribution in [1.82, 2.24) is 9.97 Å². The third kappa shape index (κ3) is 5.15. The highest BCUT2D eigenvalue weighted by Gasteiger charge is 2.08. The molecule has 0 saturated carbocycles. The van der Waals surface area contributed by atoms with E-state index >= 15 is 0 Å². The summed E-state index contributed by atoms with van der Waals surface area (Å²) in [7, 11) is 0. The van der Waals surface area contributed by atoms with Gasteiger partial charge in [-0.15, -0.1) is 12.4 Å². The number of ether oxygens (including phenoxy) is 1. The molecule has 1 aromatic heterocycles. The second kappa shape index (κ2) is 9.35. The third-order valence-corrected chi connectivity index (χ3v) is 3.70. The molecule has 3 aromatic rings. The summed E-state index contributed by atoms with van der Waals surface area (Å²) in [6.45, 7) is 5.68. The Hall–Kier alpha value is -2.17. The zero-order chi connectivity index (χ0) is 16.8. The first-order valence-electron chi connectivity index (χ1n) is 8.42. The van der Waals surface area contributed by atoms with Crippen molar-refractivity contribution in [3.8, 4) is 11.4 Å². The molecule has 0 unspecified atom stereocenters. The van der Waals surface area contributed by atoms with E-state index in [2.05, 4.69) is 25.2 Å². The fraction of sp³-hybridized carbons (Fsp3) is 0.300. The summed E-state index contributed by atoms with van der Waals surface area (Å²) in [5, 5.41) is 4.48. The molecule has 1 heterocycles. The minimum absolute atomic E-state index is 0. The van der Waals surface area contributed by atoms with Crippen LogP contribution in [0.5, 0.6) is 0 Å². The molecule has 0 atom stereocenters. The van der Waals surface area contributed by atoms with Gasteiger partial charge in [0.05, 0.1) is 11.6 Å². The van der Waals surface area contributed by atoms with E-state index < -0.39 is 0 Å². The highest BCUT2D eigenvalue weighted by Crippen LogP contribution is 2.24. The van der Waals surface area contributed by atoms with Gasteiger partial charge >= 0.3 is 0 Å². The molecular formula is C20H24ClN3O. The average Bonchev–Trinajstić information content (AvgIpc) is 2.61. The molecule has 3 rings (SSSR count). The molecule has 0 fully saturated rings. The molecule has 0 bridgehead atoms. The normalized spacial score (nSPS) is 10.7. The number of fused-ring (bicyclic) bond motifs is 1. The zero-order valence-electron chi connectivity index (χ0n) is 14.6. The second-order valence-corrected chi connectivity index (χ2v) is 5.98. The summed E-state index contributed by atoms with van der Waals surface area (Å²) < 4.78 is 5.59. The Kier molecular flexibility index (Phi) is 7.16. The number of para-hydroxylation sites is 1. The maximum absolute atomic E-state index is 5.59. The molecule has 0 amide bonds. The van der Waals surface area contributed by atoms with Gasteiger partial charge in [0.15, 0.2) is 5.82 Å². The predicted octanol–water partition coefficient (Wildman–Crippen LogP) is 4.95. The van der Waals surface area contributed by atoms with Gasteiger partial charge in [0.25, 0.3) is 0 Å². The molecule has 0 spiro atoms. The summed E-state index contributed by atoms with van der Waals surface area (Å²) in [5.41, 5.74) is 1.97. The number of rotatable bonds is 7. The lowest BCUT2D eigenvalue weighted by Crippen LogP contribution is -2.10. The van der Waals surface area contributed by atoms with Crippen LogP contribution in [0.25, 0.3) is 22.3 Å². The van der Waals surface area contributed by atoms with Crippen LogP contribution in [0.1, 0.15) is 20.3 Å². The molecular weight excluding hydrogens is 334 g/mol. The summed E-state index contributed by atoms with van der Waals surface area (Å²) in [6.07, 6.45) is 1.21. The third-order valence-electron chi connectivity index (χ3n) is 3.70. The van der Waals surface area contributed by atoms with Crippen LogP contribution in [0.2, 0.25) is 0 Å². The number of nitrogens with one attached hydrogen (secondary N) is 1. The Bertz CT molecular complexity index is 793. The van der Waals surface area contributed by atoms with E-state index in [-0.39, 0.29) is 18.5 Å². The van der Waals surface area contributed by atoms with Crippen LogP contribution in [-0.2, 0) is 4.74 Å². The van der Waals surface area contributed by atoms with Crippen molar-refractivity contribution < 1.29 is 4.74 Å². The molecule has 2 aromatic carbocycles. The van der Waals surface area contributed by atoms with Gasteiger partial charge in [-0.05, 0) is 32.4 Å². The van der Waals surface area contributed by atoms with Crippen molar-refractivity contribution in [3.05, 3.63) is 54.6 Å². The van der Waals surface area contributed by atoms with Crippen molar-refractivity contribution >= 4 is 29.1 Å². The van der Waals surface area contributed by atoms with Crippen LogP contribution in [-0.4, -0.2) is 29.2 Å².